The van der Waals surface area contributed by atoms with Gasteiger partial charge >= 0.3 is 0 Å². The Morgan fingerprint density at radius 1 is 1.38 bits per heavy atom. The van der Waals surface area contributed by atoms with Crippen molar-refractivity contribution in [2.45, 2.75) is 51.9 Å². The van der Waals surface area contributed by atoms with Crippen molar-refractivity contribution in [3.05, 3.63) is 35.0 Å². The molecule has 0 saturated heterocycles. The number of aromatic nitrogens is 1. The van der Waals surface area contributed by atoms with Crippen molar-refractivity contribution in [1.82, 2.24) is 9.88 Å². The highest BCUT2D eigenvalue weighted by Crippen LogP contribution is 2.26. The Morgan fingerprint density at radius 2 is 2.19 bits per heavy atom. The molecule has 0 spiro atoms. The fraction of sp³-hybridized carbons (Fsp3) is 0.529. The maximum Gasteiger partial charge on any atom is 0.0649 e. The number of fused-ring (bicyclic) bond motifs is 1. The van der Waals surface area contributed by atoms with Crippen LogP contribution in [0.15, 0.2) is 24.4 Å². The molecule has 1 fully saturated rings. The SMILES string of the molecule is CC(C)OCCn1cc(CNC2CC2)c2ccc(Cl)cc21. The Balaban J connectivity index is 1.81. The van der Waals surface area contributed by atoms with Crippen LogP contribution >= 0.6 is 11.6 Å². The molecule has 1 aliphatic carbocycles. The molecule has 0 unspecified atom stereocenters. The van der Waals surface area contributed by atoms with Gasteiger partial charge in [-0.05, 0) is 44.4 Å². The van der Waals surface area contributed by atoms with Crippen LogP contribution in [0.1, 0.15) is 32.3 Å². The maximum atomic E-state index is 6.16. The number of nitrogens with one attached hydrogen (secondary N) is 1. The predicted octanol–water partition coefficient (Wildman–Crippen LogP) is 3.97. The molecule has 1 heterocycles. The normalized spacial score (nSPS) is 15.2. The predicted molar refractivity (Wildman–Crippen MR) is 87.9 cm³/mol. The van der Waals surface area contributed by atoms with E-state index < -0.39 is 0 Å². The van der Waals surface area contributed by atoms with Gasteiger partial charge in [-0.3, -0.25) is 0 Å². The summed E-state index contributed by atoms with van der Waals surface area (Å²) < 4.78 is 7.93. The fourth-order valence-electron chi connectivity index (χ4n) is 2.60. The van der Waals surface area contributed by atoms with Gasteiger partial charge < -0.3 is 14.6 Å². The van der Waals surface area contributed by atoms with Gasteiger partial charge in [-0.25, -0.2) is 0 Å². The molecule has 0 aliphatic heterocycles. The lowest BCUT2D eigenvalue weighted by Crippen LogP contribution is -2.15. The molecule has 4 heteroatoms. The van der Waals surface area contributed by atoms with Crippen molar-refractivity contribution < 1.29 is 4.74 Å². The van der Waals surface area contributed by atoms with E-state index in [1.165, 1.54) is 29.3 Å². The first-order chi connectivity index (χ1) is 10.1. The summed E-state index contributed by atoms with van der Waals surface area (Å²) in [4.78, 5) is 0. The molecular formula is C17H23ClN2O. The van der Waals surface area contributed by atoms with E-state index in [4.69, 9.17) is 16.3 Å². The van der Waals surface area contributed by atoms with Gasteiger partial charge in [-0.2, -0.15) is 0 Å². The number of rotatable bonds is 7. The van der Waals surface area contributed by atoms with Crippen LogP contribution in [0.3, 0.4) is 0 Å². The Kier molecular flexibility index (Phi) is 4.53. The highest BCUT2D eigenvalue weighted by Gasteiger charge is 2.20. The molecule has 1 aliphatic rings. The largest absolute Gasteiger partial charge is 0.377 e. The lowest BCUT2D eigenvalue weighted by Gasteiger charge is -2.09. The van der Waals surface area contributed by atoms with E-state index in [0.29, 0.717) is 0 Å². The first-order valence-electron chi connectivity index (χ1n) is 7.76. The molecule has 0 atom stereocenters. The number of hydrogen-bond donors (Lipinski definition) is 1. The Bertz CT molecular complexity index is 617. The van der Waals surface area contributed by atoms with E-state index in [9.17, 15) is 0 Å². The number of ether oxygens (including phenoxy) is 1. The van der Waals surface area contributed by atoms with Crippen molar-refractivity contribution >= 4 is 22.5 Å². The quantitative estimate of drug-likeness (QED) is 0.837. The Morgan fingerprint density at radius 3 is 2.90 bits per heavy atom. The maximum absolute atomic E-state index is 6.16. The van der Waals surface area contributed by atoms with Crippen molar-refractivity contribution in [1.29, 1.82) is 0 Å². The summed E-state index contributed by atoms with van der Waals surface area (Å²) in [6.45, 7) is 6.65. The van der Waals surface area contributed by atoms with Crippen LogP contribution in [0.25, 0.3) is 10.9 Å². The first kappa shape index (κ1) is 14.9. The molecule has 114 valence electrons. The second-order valence-electron chi connectivity index (χ2n) is 6.08. The van der Waals surface area contributed by atoms with Gasteiger partial charge in [0, 0.05) is 41.3 Å². The number of benzene rings is 1. The number of halogens is 1. The zero-order valence-corrected chi connectivity index (χ0v) is 13.5. The van der Waals surface area contributed by atoms with Crippen LogP contribution in [0.2, 0.25) is 5.02 Å². The van der Waals surface area contributed by atoms with Crippen LogP contribution in [0.5, 0.6) is 0 Å². The second kappa shape index (κ2) is 6.39. The molecular weight excluding hydrogens is 284 g/mol. The zero-order valence-electron chi connectivity index (χ0n) is 12.7. The monoisotopic (exact) mass is 306 g/mol. The summed E-state index contributed by atoms with van der Waals surface area (Å²) in [5.74, 6) is 0. The minimum atomic E-state index is 0.270. The minimum Gasteiger partial charge on any atom is -0.377 e. The molecule has 21 heavy (non-hydrogen) atoms. The summed E-state index contributed by atoms with van der Waals surface area (Å²) in [5.41, 5.74) is 2.54. The molecule has 2 aromatic rings. The zero-order chi connectivity index (χ0) is 14.8. The van der Waals surface area contributed by atoms with Gasteiger partial charge in [-0.15, -0.1) is 0 Å². The summed E-state index contributed by atoms with van der Waals surface area (Å²) in [5, 5.41) is 5.66. The van der Waals surface area contributed by atoms with Crippen LogP contribution in [-0.2, 0) is 17.8 Å². The summed E-state index contributed by atoms with van der Waals surface area (Å²) in [7, 11) is 0. The molecule has 0 bridgehead atoms. The Labute approximate surface area is 131 Å². The van der Waals surface area contributed by atoms with E-state index >= 15 is 0 Å². The molecule has 1 N–H and O–H groups in total. The van der Waals surface area contributed by atoms with E-state index in [2.05, 4.69) is 36.0 Å². The third-order valence-electron chi connectivity index (χ3n) is 3.87. The average Bonchev–Trinajstić information content (AvgIpc) is 3.20. The standard InChI is InChI=1S/C17H23ClN2O/c1-12(2)21-8-7-20-11-13(10-19-15-4-5-15)16-6-3-14(18)9-17(16)20/h3,6,9,11-12,15,19H,4-5,7-8,10H2,1-2H3. The van der Waals surface area contributed by atoms with Gasteiger partial charge in [0.1, 0.15) is 0 Å². The summed E-state index contributed by atoms with van der Waals surface area (Å²) in [6, 6.07) is 6.87. The molecule has 1 aromatic heterocycles. The van der Waals surface area contributed by atoms with E-state index in [1.807, 2.05) is 12.1 Å². The van der Waals surface area contributed by atoms with Crippen molar-refractivity contribution in [2.75, 3.05) is 6.61 Å². The van der Waals surface area contributed by atoms with Gasteiger partial charge in [0.05, 0.1) is 12.7 Å². The molecule has 3 rings (SSSR count). The van der Waals surface area contributed by atoms with E-state index in [0.717, 1.165) is 30.8 Å². The average molecular weight is 307 g/mol. The highest BCUT2D eigenvalue weighted by molar-refractivity contribution is 6.31. The summed E-state index contributed by atoms with van der Waals surface area (Å²) >= 11 is 6.16. The smallest absolute Gasteiger partial charge is 0.0649 e. The molecule has 0 radical (unpaired) electrons. The third kappa shape index (κ3) is 3.79. The van der Waals surface area contributed by atoms with E-state index in [1.54, 1.807) is 0 Å². The van der Waals surface area contributed by atoms with Gasteiger partial charge in [0.15, 0.2) is 0 Å². The van der Waals surface area contributed by atoms with Crippen LogP contribution in [0, 0.1) is 0 Å². The van der Waals surface area contributed by atoms with Crippen LogP contribution in [0.4, 0.5) is 0 Å². The molecule has 3 nitrogen and oxygen atoms in total. The van der Waals surface area contributed by atoms with Crippen molar-refractivity contribution in [3.63, 3.8) is 0 Å². The molecule has 1 saturated carbocycles. The fourth-order valence-corrected chi connectivity index (χ4v) is 2.76. The third-order valence-corrected chi connectivity index (χ3v) is 4.10. The second-order valence-corrected chi connectivity index (χ2v) is 6.52. The van der Waals surface area contributed by atoms with Gasteiger partial charge in [0.2, 0.25) is 0 Å². The number of hydrogen-bond acceptors (Lipinski definition) is 2. The van der Waals surface area contributed by atoms with Crippen molar-refractivity contribution in [3.8, 4) is 0 Å². The Hall–Kier alpha value is -1.03. The summed E-state index contributed by atoms with van der Waals surface area (Å²) in [6.07, 6.45) is 5.13. The highest BCUT2D eigenvalue weighted by atomic mass is 35.5. The van der Waals surface area contributed by atoms with Gasteiger partial charge in [0.25, 0.3) is 0 Å². The first-order valence-corrected chi connectivity index (χ1v) is 8.13. The molecule has 0 amide bonds. The van der Waals surface area contributed by atoms with E-state index in [-0.39, 0.29) is 6.10 Å². The van der Waals surface area contributed by atoms with Crippen LogP contribution < -0.4 is 5.32 Å². The topological polar surface area (TPSA) is 26.2 Å². The minimum absolute atomic E-state index is 0.270. The lowest BCUT2D eigenvalue weighted by molar-refractivity contribution is 0.0733. The van der Waals surface area contributed by atoms with Gasteiger partial charge in [-0.1, -0.05) is 17.7 Å². The molecule has 1 aromatic carbocycles. The van der Waals surface area contributed by atoms with Crippen molar-refractivity contribution in [2.24, 2.45) is 0 Å². The lowest BCUT2D eigenvalue weighted by atomic mass is 10.2. The number of nitrogens with zero attached hydrogens (tertiary/aromatic N) is 1. The van der Waals surface area contributed by atoms with Crippen LogP contribution in [-0.4, -0.2) is 23.3 Å².